The maximum absolute atomic E-state index is 13.2. The summed E-state index contributed by atoms with van der Waals surface area (Å²) in [5.41, 5.74) is 1.11. The first-order valence-corrected chi connectivity index (χ1v) is 11.1. The van der Waals surface area contributed by atoms with Crippen LogP contribution in [0.4, 0.5) is 20.2 Å². The Balaban J connectivity index is 1.71. The Morgan fingerprint density at radius 1 is 0.931 bits per heavy atom. The molecule has 1 atom stereocenters. The van der Waals surface area contributed by atoms with E-state index in [1.807, 2.05) is 4.90 Å². The number of rotatable bonds is 5. The van der Waals surface area contributed by atoms with Crippen molar-refractivity contribution >= 4 is 27.3 Å². The van der Waals surface area contributed by atoms with Gasteiger partial charge < -0.3 is 9.80 Å². The Hall–Kier alpha value is -2.68. The molecule has 2 aromatic carbocycles. The highest BCUT2D eigenvalue weighted by Crippen LogP contribution is 2.23. The van der Waals surface area contributed by atoms with E-state index < -0.39 is 21.9 Å². The molecule has 29 heavy (non-hydrogen) atoms. The minimum Gasteiger partial charge on any atom is -0.368 e. The van der Waals surface area contributed by atoms with Crippen LogP contribution >= 0.6 is 0 Å². The first-order chi connectivity index (χ1) is 13.7. The Morgan fingerprint density at radius 3 is 1.90 bits per heavy atom. The van der Waals surface area contributed by atoms with Crippen LogP contribution in [0.2, 0.25) is 0 Å². The van der Waals surface area contributed by atoms with E-state index in [4.69, 9.17) is 0 Å². The summed E-state index contributed by atoms with van der Waals surface area (Å²) < 4.78 is 52.0. The molecular formula is C20H23F2N3O3S. The lowest BCUT2D eigenvalue weighted by atomic mass is 10.2. The van der Waals surface area contributed by atoms with Gasteiger partial charge in [-0.25, -0.2) is 17.2 Å². The van der Waals surface area contributed by atoms with Crippen LogP contribution in [0.25, 0.3) is 0 Å². The zero-order valence-electron chi connectivity index (χ0n) is 16.3. The predicted molar refractivity (Wildman–Crippen MR) is 108 cm³/mol. The second kappa shape index (κ2) is 8.36. The van der Waals surface area contributed by atoms with Gasteiger partial charge in [0.2, 0.25) is 15.9 Å². The Morgan fingerprint density at radius 2 is 1.41 bits per heavy atom. The molecule has 0 bridgehead atoms. The van der Waals surface area contributed by atoms with Crippen LogP contribution in [0.5, 0.6) is 0 Å². The molecule has 0 saturated carbocycles. The van der Waals surface area contributed by atoms with Crippen LogP contribution in [0.15, 0.2) is 48.5 Å². The van der Waals surface area contributed by atoms with Crippen LogP contribution in [-0.4, -0.2) is 57.7 Å². The van der Waals surface area contributed by atoms with Crippen molar-refractivity contribution in [1.82, 2.24) is 4.90 Å². The fraction of sp³-hybridized carbons (Fsp3) is 0.350. The summed E-state index contributed by atoms with van der Waals surface area (Å²) in [6.45, 7) is 3.47. The standard InChI is InChI=1S/C20H23F2N3O3S/c1-15(25(29(2,27)28)19-9-5-17(22)6-10-19)20(26)24-13-11-23(12-14-24)18-7-3-16(21)4-8-18/h3-10,15H,11-14H2,1-2H3/t15-/m1/s1. The minimum absolute atomic E-state index is 0.236. The van der Waals surface area contributed by atoms with Gasteiger partial charge in [-0.05, 0) is 55.5 Å². The van der Waals surface area contributed by atoms with Gasteiger partial charge in [0, 0.05) is 31.9 Å². The monoisotopic (exact) mass is 423 g/mol. The molecule has 3 rings (SSSR count). The van der Waals surface area contributed by atoms with Crippen molar-refractivity contribution in [2.45, 2.75) is 13.0 Å². The quantitative estimate of drug-likeness (QED) is 0.741. The van der Waals surface area contributed by atoms with Crippen molar-refractivity contribution < 1.29 is 22.0 Å². The molecular weight excluding hydrogens is 400 g/mol. The van der Waals surface area contributed by atoms with Crippen LogP contribution < -0.4 is 9.21 Å². The second-order valence-electron chi connectivity index (χ2n) is 7.00. The Kier molecular flexibility index (Phi) is 6.07. The number of carbonyl (C=O) groups excluding carboxylic acids is 1. The summed E-state index contributed by atoms with van der Waals surface area (Å²) >= 11 is 0. The van der Waals surface area contributed by atoms with Gasteiger partial charge in [-0.3, -0.25) is 9.10 Å². The lowest BCUT2D eigenvalue weighted by Gasteiger charge is -2.39. The number of sulfonamides is 1. The summed E-state index contributed by atoms with van der Waals surface area (Å²) in [5.74, 6) is -1.12. The molecule has 1 fully saturated rings. The van der Waals surface area contributed by atoms with E-state index in [1.54, 1.807) is 17.0 Å². The van der Waals surface area contributed by atoms with Crippen LogP contribution in [0.3, 0.4) is 0 Å². The van der Waals surface area contributed by atoms with Crippen molar-refractivity contribution in [3.05, 3.63) is 60.2 Å². The highest BCUT2D eigenvalue weighted by atomic mass is 32.2. The number of piperazine rings is 1. The molecule has 0 spiro atoms. The molecule has 1 amide bonds. The molecule has 1 heterocycles. The molecule has 0 unspecified atom stereocenters. The van der Waals surface area contributed by atoms with E-state index in [1.165, 1.54) is 31.2 Å². The Labute approximate surface area is 169 Å². The number of nitrogens with zero attached hydrogens (tertiary/aromatic N) is 3. The maximum atomic E-state index is 13.2. The SMILES string of the molecule is C[C@H](C(=O)N1CCN(c2ccc(F)cc2)CC1)N(c1ccc(F)cc1)S(C)(=O)=O. The lowest BCUT2D eigenvalue weighted by Crippen LogP contribution is -2.55. The molecule has 1 aliphatic heterocycles. The largest absolute Gasteiger partial charge is 0.368 e. The second-order valence-corrected chi connectivity index (χ2v) is 8.86. The smallest absolute Gasteiger partial charge is 0.246 e. The zero-order valence-corrected chi connectivity index (χ0v) is 17.1. The first-order valence-electron chi connectivity index (χ1n) is 9.21. The zero-order chi connectivity index (χ0) is 21.2. The van der Waals surface area contributed by atoms with Crippen LogP contribution in [-0.2, 0) is 14.8 Å². The normalized spacial score (nSPS) is 15.9. The highest BCUT2D eigenvalue weighted by Gasteiger charge is 2.33. The summed E-state index contributed by atoms with van der Waals surface area (Å²) in [6.07, 6.45) is 1.02. The fourth-order valence-electron chi connectivity index (χ4n) is 3.49. The number of anilines is 2. The molecule has 0 aliphatic carbocycles. The average molecular weight is 423 g/mol. The summed E-state index contributed by atoms with van der Waals surface area (Å²) in [6, 6.07) is 10.2. The highest BCUT2D eigenvalue weighted by molar-refractivity contribution is 7.92. The van der Waals surface area contributed by atoms with E-state index in [0.29, 0.717) is 26.2 Å². The molecule has 2 aromatic rings. The van der Waals surface area contributed by atoms with Crippen molar-refractivity contribution in [3.63, 3.8) is 0 Å². The number of carbonyl (C=O) groups is 1. The summed E-state index contributed by atoms with van der Waals surface area (Å²) in [5, 5.41) is 0. The number of benzene rings is 2. The lowest BCUT2D eigenvalue weighted by molar-refractivity contribution is -0.132. The van der Waals surface area contributed by atoms with Gasteiger partial charge in [0.15, 0.2) is 0 Å². The topological polar surface area (TPSA) is 60.9 Å². The molecule has 156 valence electrons. The predicted octanol–water partition coefficient (Wildman–Crippen LogP) is 2.47. The van der Waals surface area contributed by atoms with Gasteiger partial charge in [-0.1, -0.05) is 0 Å². The summed E-state index contributed by atoms with van der Waals surface area (Å²) in [7, 11) is -3.75. The molecule has 1 aliphatic rings. The number of hydrogen-bond donors (Lipinski definition) is 0. The third kappa shape index (κ3) is 4.84. The number of hydrogen-bond acceptors (Lipinski definition) is 4. The average Bonchev–Trinajstić information content (AvgIpc) is 2.69. The van der Waals surface area contributed by atoms with Gasteiger partial charge in [0.05, 0.1) is 11.9 Å². The third-order valence-electron chi connectivity index (χ3n) is 4.93. The first kappa shape index (κ1) is 21.0. The minimum atomic E-state index is -3.75. The third-order valence-corrected chi connectivity index (χ3v) is 6.17. The van der Waals surface area contributed by atoms with Crippen LogP contribution in [0, 0.1) is 11.6 Å². The molecule has 0 N–H and O–H groups in total. The van der Waals surface area contributed by atoms with E-state index in [0.717, 1.165) is 28.4 Å². The molecule has 9 heteroatoms. The molecule has 6 nitrogen and oxygen atoms in total. The fourth-order valence-corrected chi connectivity index (χ4v) is 4.66. The molecule has 0 aromatic heterocycles. The van der Waals surface area contributed by atoms with Crippen molar-refractivity contribution in [2.75, 3.05) is 41.6 Å². The summed E-state index contributed by atoms with van der Waals surface area (Å²) in [4.78, 5) is 16.7. The van der Waals surface area contributed by atoms with Crippen molar-refractivity contribution in [2.24, 2.45) is 0 Å². The van der Waals surface area contributed by atoms with E-state index >= 15 is 0 Å². The van der Waals surface area contributed by atoms with E-state index in [-0.39, 0.29) is 17.4 Å². The van der Waals surface area contributed by atoms with E-state index in [2.05, 4.69) is 0 Å². The van der Waals surface area contributed by atoms with Gasteiger partial charge in [0.1, 0.15) is 17.7 Å². The van der Waals surface area contributed by atoms with Crippen molar-refractivity contribution in [1.29, 1.82) is 0 Å². The number of amides is 1. The Bertz CT molecular complexity index is 957. The van der Waals surface area contributed by atoms with Gasteiger partial charge in [0.25, 0.3) is 0 Å². The van der Waals surface area contributed by atoms with Gasteiger partial charge in [-0.15, -0.1) is 0 Å². The van der Waals surface area contributed by atoms with Gasteiger partial charge >= 0.3 is 0 Å². The molecule has 1 saturated heterocycles. The van der Waals surface area contributed by atoms with E-state index in [9.17, 15) is 22.0 Å². The van der Waals surface area contributed by atoms with Crippen molar-refractivity contribution in [3.8, 4) is 0 Å². The van der Waals surface area contributed by atoms with Crippen LogP contribution in [0.1, 0.15) is 6.92 Å². The number of halogens is 2. The van der Waals surface area contributed by atoms with Gasteiger partial charge in [-0.2, -0.15) is 0 Å². The maximum Gasteiger partial charge on any atom is 0.246 e. The molecule has 0 radical (unpaired) electrons.